The van der Waals surface area contributed by atoms with Crippen LogP contribution in [0.5, 0.6) is 0 Å². The molecule has 0 radical (unpaired) electrons. The molecule has 1 aromatic carbocycles. The molecule has 0 spiro atoms. The number of likely N-dealkylation sites (N-methyl/N-ethyl adjacent to an activating group) is 1. The van der Waals surface area contributed by atoms with Gasteiger partial charge in [-0.25, -0.2) is 0 Å². The van der Waals surface area contributed by atoms with Crippen molar-refractivity contribution in [2.24, 2.45) is 0 Å². The van der Waals surface area contributed by atoms with Gasteiger partial charge in [0.2, 0.25) is 0 Å². The Morgan fingerprint density at radius 3 is 2.50 bits per heavy atom. The lowest BCUT2D eigenvalue weighted by Gasteiger charge is -2.38. The highest BCUT2D eigenvalue weighted by Gasteiger charge is 2.41. The first kappa shape index (κ1) is 13.2. The van der Waals surface area contributed by atoms with Crippen molar-refractivity contribution in [1.29, 1.82) is 0 Å². The Hall–Kier alpha value is -1.26. The van der Waals surface area contributed by atoms with Crippen LogP contribution in [0.15, 0.2) is 30.3 Å². The van der Waals surface area contributed by atoms with E-state index >= 15 is 0 Å². The fourth-order valence-corrected chi connectivity index (χ4v) is 3.54. The summed E-state index contributed by atoms with van der Waals surface area (Å²) >= 11 is 0. The Morgan fingerprint density at radius 2 is 1.94 bits per heavy atom. The smallest absolute Gasteiger partial charge is 0.0170 e. The first-order valence-electron chi connectivity index (χ1n) is 7.00. The number of benzene rings is 1. The Labute approximate surface area is 111 Å². The van der Waals surface area contributed by atoms with E-state index in [-0.39, 0.29) is 0 Å². The molecule has 0 saturated heterocycles. The van der Waals surface area contributed by atoms with E-state index in [2.05, 4.69) is 48.6 Å². The predicted molar refractivity (Wildman–Crippen MR) is 77.5 cm³/mol. The number of hydrogen-bond donors (Lipinski definition) is 1. The lowest BCUT2D eigenvalue weighted by molar-refractivity contribution is 0.297. The van der Waals surface area contributed by atoms with Crippen LogP contribution in [-0.2, 0) is 5.41 Å². The molecular formula is C17H23N. The average Bonchev–Trinajstić information content (AvgIpc) is 2.91. The van der Waals surface area contributed by atoms with Gasteiger partial charge in [-0.2, -0.15) is 0 Å². The van der Waals surface area contributed by atoms with Crippen molar-refractivity contribution in [2.45, 2.75) is 50.0 Å². The molecule has 0 heterocycles. The Kier molecular flexibility index (Phi) is 4.44. The van der Waals surface area contributed by atoms with Crippen molar-refractivity contribution < 1.29 is 0 Å². The number of terminal acetylenes is 1. The van der Waals surface area contributed by atoms with E-state index in [1.807, 2.05) is 0 Å². The third-order valence-electron chi connectivity index (χ3n) is 4.44. The maximum absolute atomic E-state index is 5.43. The van der Waals surface area contributed by atoms with Crippen molar-refractivity contribution in [3.05, 3.63) is 35.9 Å². The average molecular weight is 241 g/mol. The van der Waals surface area contributed by atoms with Gasteiger partial charge in [0.15, 0.2) is 0 Å². The molecule has 1 nitrogen and oxygen atoms in total. The minimum absolute atomic E-state index is 0.298. The van der Waals surface area contributed by atoms with Crippen LogP contribution in [0.3, 0.4) is 0 Å². The van der Waals surface area contributed by atoms with E-state index in [9.17, 15) is 0 Å². The van der Waals surface area contributed by atoms with Crippen LogP contribution in [-0.4, -0.2) is 13.1 Å². The van der Waals surface area contributed by atoms with Crippen molar-refractivity contribution >= 4 is 0 Å². The van der Waals surface area contributed by atoms with Gasteiger partial charge in [-0.1, -0.05) is 43.2 Å². The van der Waals surface area contributed by atoms with Crippen molar-refractivity contribution in [1.82, 2.24) is 5.32 Å². The highest BCUT2D eigenvalue weighted by Crippen LogP contribution is 2.44. The summed E-state index contributed by atoms with van der Waals surface area (Å²) in [4.78, 5) is 0. The molecule has 1 heteroatoms. The maximum atomic E-state index is 5.43. The second-order valence-electron chi connectivity index (χ2n) is 5.31. The zero-order valence-electron chi connectivity index (χ0n) is 11.3. The summed E-state index contributed by atoms with van der Waals surface area (Å²) < 4.78 is 0. The van der Waals surface area contributed by atoms with Crippen molar-refractivity contribution in [2.75, 3.05) is 7.05 Å². The minimum atomic E-state index is 0.298. The lowest BCUT2D eigenvalue weighted by atomic mass is 9.71. The molecule has 1 atom stereocenters. The van der Waals surface area contributed by atoms with Crippen LogP contribution in [0.2, 0.25) is 0 Å². The van der Waals surface area contributed by atoms with Crippen molar-refractivity contribution in [3.63, 3.8) is 0 Å². The SMILES string of the molecule is C#CCCC(NC)C1(c2ccccc2)CCCC1. The summed E-state index contributed by atoms with van der Waals surface area (Å²) in [5, 5.41) is 3.52. The molecule has 0 amide bonds. The van der Waals surface area contributed by atoms with Crippen LogP contribution >= 0.6 is 0 Å². The largest absolute Gasteiger partial charge is 0.316 e. The van der Waals surface area contributed by atoms with E-state index in [0.29, 0.717) is 11.5 Å². The van der Waals surface area contributed by atoms with Gasteiger partial charge in [-0.15, -0.1) is 12.3 Å². The monoisotopic (exact) mass is 241 g/mol. The molecule has 1 unspecified atom stereocenters. The predicted octanol–water partition coefficient (Wildman–Crippen LogP) is 3.50. The normalized spacial score (nSPS) is 19.3. The summed E-state index contributed by atoms with van der Waals surface area (Å²) in [5.74, 6) is 2.78. The van der Waals surface area contributed by atoms with Gasteiger partial charge < -0.3 is 5.32 Å². The van der Waals surface area contributed by atoms with E-state index in [4.69, 9.17) is 6.42 Å². The molecule has 96 valence electrons. The van der Waals surface area contributed by atoms with Crippen LogP contribution < -0.4 is 5.32 Å². The summed E-state index contributed by atoms with van der Waals surface area (Å²) in [6.07, 6.45) is 12.6. The van der Waals surface area contributed by atoms with Crippen molar-refractivity contribution in [3.8, 4) is 12.3 Å². The van der Waals surface area contributed by atoms with Gasteiger partial charge in [0.05, 0.1) is 0 Å². The molecule has 1 fully saturated rings. The molecule has 0 bridgehead atoms. The number of rotatable bonds is 5. The number of hydrogen-bond acceptors (Lipinski definition) is 1. The molecule has 0 aromatic heterocycles. The first-order valence-corrected chi connectivity index (χ1v) is 7.00. The van der Waals surface area contributed by atoms with Crippen LogP contribution in [0.4, 0.5) is 0 Å². The standard InChI is InChI=1S/C17H23N/c1-3-4-12-16(18-2)17(13-8-9-14-17)15-10-6-5-7-11-15/h1,5-7,10-11,16,18H,4,8-9,12-14H2,2H3. The minimum Gasteiger partial charge on any atom is -0.316 e. The van der Waals surface area contributed by atoms with Gasteiger partial charge in [0.1, 0.15) is 0 Å². The van der Waals surface area contributed by atoms with Crippen LogP contribution in [0.1, 0.15) is 44.1 Å². The fraction of sp³-hybridized carbons (Fsp3) is 0.529. The topological polar surface area (TPSA) is 12.0 Å². The Bertz CT molecular complexity index is 395. The molecule has 18 heavy (non-hydrogen) atoms. The number of nitrogens with one attached hydrogen (secondary N) is 1. The molecule has 1 N–H and O–H groups in total. The third-order valence-corrected chi connectivity index (χ3v) is 4.44. The van der Waals surface area contributed by atoms with E-state index in [0.717, 1.165) is 12.8 Å². The highest BCUT2D eigenvalue weighted by atomic mass is 14.9. The zero-order valence-corrected chi connectivity index (χ0v) is 11.3. The molecule has 1 aromatic rings. The summed E-state index contributed by atoms with van der Waals surface area (Å²) in [6, 6.07) is 11.5. The second-order valence-corrected chi connectivity index (χ2v) is 5.31. The molecule has 1 saturated carbocycles. The van der Waals surface area contributed by atoms with Gasteiger partial charge in [-0.3, -0.25) is 0 Å². The van der Waals surface area contributed by atoms with E-state index in [1.165, 1.54) is 31.2 Å². The van der Waals surface area contributed by atoms with E-state index < -0.39 is 0 Å². The molecule has 0 aliphatic heterocycles. The summed E-state index contributed by atoms with van der Waals surface area (Å²) in [6.45, 7) is 0. The molecule has 1 aliphatic carbocycles. The molecule has 2 rings (SSSR count). The second kappa shape index (κ2) is 6.07. The summed E-state index contributed by atoms with van der Waals surface area (Å²) in [5.41, 5.74) is 1.78. The van der Waals surface area contributed by atoms with Gasteiger partial charge >= 0.3 is 0 Å². The third kappa shape index (κ3) is 2.44. The first-order chi connectivity index (χ1) is 8.83. The fourth-order valence-electron chi connectivity index (χ4n) is 3.54. The van der Waals surface area contributed by atoms with E-state index in [1.54, 1.807) is 0 Å². The van der Waals surface area contributed by atoms with Crippen LogP contribution in [0.25, 0.3) is 0 Å². The van der Waals surface area contributed by atoms with Gasteiger partial charge in [0.25, 0.3) is 0 Å². The zero-order chi connectivity index (χ0) is 12.8. The summed E-state index contributed by atoms with van der Waals surface area (Å²) in [7, 11) is 2.07. The van der Waals surface area contributed by atoms with Gasteiger partial charge in [0, 0.05) is 17.9 Å². The quantitative estimate of drug-likeness (QED) is 0.778. The molecule has 1 aliphatic rings. The van der Waals surface area contributed by atoms with Crippen LogP contribution in [0, 0.1) is 12.3 Å². The van der Waals surface area contributed by atoms with Gasteiger partial charge in [-0.05, 0) is 31.9 Å². The maximum Gasteiger partial charge on any atom is 0.0170 e. The molecular weight excluding hydrogens is 218 g/mol. The Morgan fingerprint density at radius 1 is 1.28 bits per heavy atom. The highest BCUT2D eigenvalue weighted by molar-refractivity contribution is 5.29. The lowest BCUT2D eigenvalue weighted by Crippen LogP contribution is -2.45. The Balaban J connectivity index is 2.29.